The first-order valence-corrected chi connectivity index (χ1v) is 6.98. The summed E-state index contributed by atoms with van der Waals surface area (Å²) in [5.41, 5.74) is 2.30. The van der Waals surface area contributed by atoms with Crippen LogP contribution in [0.25, 0.3) is 10.9 Å². The van der Waals surface area contributed by atoms with Crippen LogP contribution in [0.5, 0.6) is 0 Å². The van der Waals surface area contributed by atoms with E-state index in [-0.39, 0.29) is 6.15 Å². The molecule has 0 aliphatic carbocycles. The Morgan fingerprint density at radius 2 is 1.83 bits per heavy atom. The van der Waals surface area contributed by atoms with Crippen LogP contribution in [0.3, 0.4) is 0 Å². The first kappa shape index (κ1) is 20.6. The SMILES string of the molecule is CCCc1nn(C)c2ccc(Cl)cc12.N.O=C(O)C=CC(=O)O. The average molecular weight is 342 g/mol. The number of fused-ring (bicyclic) bond motifs is 1. The highest BCUT2D eigenvalue weighted by Gasteiger charge is 2.07. The maximum atomic E-state index is 9.55. The van der Waals surface area contributed by atoms with Gasteiger partial charge in [0.1, 0.15) is 0 Å². The van der Waals surface area contributed by atoms with Crippen LogP contribution >= 0.6 is 11.6 Å². The van der Waals surface area contributed by atoms with Crippen LogP contribution in [0.1, 0.15) is 19.0 Å². The molecule has 0 bridgehead atoms. The molecular formula is C15H20ClN3O4. The third kappa shape index (κ3) is 6.50. The first-order chi connectivity index (χ1) is 10.3. The van der Waals surface area contributed by atoms with Crippen LogP contribution < -0.4 is 6.15 Å². The maximum Gasteiger partial charge on any atom is 0.328 e. The average Bonchev–Trinajstić information content (AvgIpc) is 2.74. The molecule has 0 atom stereocenters. The van der Waals surface area contributed by atoms with Crippen molar-refractivity contribution in [3.63, 3.8) is 0 Å². The Morgan fingerprint density at radius 3 is 2.30 bits per heavy atom. The lowest BCUT2D eigenvalue weighted by molar-refractivity contribution is -0.134. The van der Waals surface area contributed by atoms with E-state index >= 15 is 0 Å². The Hall–Kier alpha value is -2.38. The van der Waals surface area contributed by atoms with Crippen LogP contribution in [-0.4, -0.2) is 31.9 Å². The minimum absolute atomic E-state index is 0. The Labute approximate surface area is 138 Å². The summed E-state index contributed by atoms with van der Waals surface area (Å²) in [6.45, 7) is 2.16. The summed E-state index contributed by atoms with van der Waals surface area (Å²) in [7, 11) is 1.97. The predicted octanol–water partition coefficient (Wildman–Crippen LogP) is 3.05. The van der Waals surface area contributed by atoms with Crippen LogP contribution in [0.2, 0.25) is 5.02 Å². The molecule has 0 saturated heterocycles. The molecule has 1 aromatic carbocycles. The van der Waals surface area contributed by atoms with Gasteiger partial charge in [0.05, 0.1) is 11.2 Å². The number of hydrogen-bond donors (Lipinski definition) is 3. The number of aromatic nitrogens is 2. The van der Waals surface area contributed by atoms with Crippen molar-refractivity contribution in [1.82, 2.24) is 15.9 Å². The summed E-state index contributed by atoms with van der Waals surface area (Å²) in [5, 5.41) is 22.1. The third-order valence-electron chi connectivity index (χ3n) is 2.74. The molecule has 7 nitrogen and oxygen atoms in total. The van der Waals surface area contributed by atoms with E-state index in [1.807, 2.05) is 29.9 Å². The Kier molecular flexibility index (Phi) is 8.61. The van der Waals surface area contributed by atoms with Gasteiger partial charge in [-0.1, -0.05) is 24.9 Å². The maximum absolute atomic E-state index is 9.55. The van der Waals surface area contributed by atoms with Crippen molar-refractivity contribution < 1.29 is 19.8 Å². The second-order valence-corrected chi connectivity index (χ2v) is 4.93. The summed E-state index contributed by atoms with van der Waals surface area (Å²) >= 11 is 5.96. The van der Waals surface area contributed by atoms with Gasteiger partial charge < -0.3 is 16.4 Å². The van der Waals surface area contributed by atoms with Crippen molar-refractivity contribution in [1.29, 1.82) is 0 Å². The van der Waals surface area contributed by atoms with E-state index in [4.69, 9.17) is 21.8 Å². The van der Waals surface area contributed by atoms with Gasteiger partial charge in [-0.2, -0.15) is 5.10 Å². The molecule has 0 aliphatic rings. The largest absolute Gasteiger partial charge is 0.478 e. The molecule has 1 aromatic heterocycles. The third-order valence-corrected chi connectivity index (χ3v) is 2.98. The first-order valence-electron chi connectivity index (χ1n) is 6.60. The molecule has 0 spiro atoms. The standard InChI is InChI=1S/C11H13ClN2.C4H4O4.H3N/c1-3-4-10-9-7-8(12)5-6-11(9)14(2)13-10;5-3(6)1-2-4(7)8;/h5-7H,3-4H2,1-2H3;1-2H,(H,5,6)(H,7,8);1H3. The number of carboxylic acids is 2. The van der Waals surface area contributed by atoms with E-state index in [2.05, 4.69) is 12.0 Å². The van der Waals surface area contributed by atoms with Gasteiger partial charge in [0.2, 0.25) is 0 Å². The quantitative estimate of drug-likeness (QED) is 0.733. The summed E-state index contributed by atoms with van der Waals surface area (Å²) < 4.78 is 1.91. The van der Waals surface area contributed by atoms with Crippen molar-refractivity contribution >= 4 is 34.4 Å². The fraction of sp³-hybridized carbons (Fsp3) is 0.267. The number of hydrogen-bond acceptors (Lipinski definition) is 4. The normalized spacial score (nSPS) is 10.0. The molecule has 0 saturated carbocycles. The van der Waals surface area contributed by atoms with E-state index < -0.39 is 11.9 Å². The van der Waals surface area contributed by atoms with Gasteiger partial charge in [0.15, 0.2) is 0 Å². The van der Waals surface area contributed by atoms with Crippen LogP contribution in [0.15, 0.2) is 30.4 Å². The lowest BCUT2D eigenvalue weighted by Gasteiger charge is -1.94. The number of aliphatic carboxylic acids is 2. The summed E-state index contributed by atoms with van der Waals surface area (Å²) in [6, 6.07) is 5.92. The van der Waals surface area contributed by atoms with Crippen molar-refractivity contribution in [3.8, 4) is 0 Å². The molecule has 0 amide bonds. The Morgan fingerprint density at radius 1 is 1.26 bits per heavy atom. The van der Waals surface area contributed by atoms with Crippen molar-refractivity contribution in [2.75, 3.05) is 0 Å². The zero-order valence-corrected chi connectivity index (χ0v) is 13.7. The number of nitrogens with zero attached hydrogens (tertiary/aromatic N) is 2. The molecule has 8 heteroatoms. The van der Waals surface area contributed by atoms with Gasteiger partial charge in [-0.15, -0.1) is 0 Å². The van der Waals surface area contributed by atoms with Crippen LogP contribution in [0, 0.1) is 0 Å². The minimum Gasteiger partial charge on any atom is -0.478 e. The number of halogens is 1. The van der Waals surface area contributed by atoms with E-state index in [1.54, 1.807) is 0 Å². The van der Waals surface area contributed by atoms with E-state index in [9.17, 15) is 9.59 Å². The van der Waals surface area contributed by atoms with Crippen molar-refractivity contribution in [3.05, 3.63) is 41.1 Å². The van der Waals surface area contributed by atoms with E-state index in [0.717, 1.165) is 29.1 Å². The summed E-state index contributed by atoms with van der Waals surface area (Å²) in [6.07, 6.45) is 3.24. The van der Waals surface area contributed by atoms with Crippen molar-refractivity contribution in [2.45, 2.75) is 19.8 Å². The highest BCUT2D eigenvalue weighted by atomic mass is 35.5. The second-order valence-electron chi connectivity index (χ2n) is 4.49. The Bertz CT molecular complexity index is 694. The number of aryl methyl sites for hydroxylation is 2. The molecule has 2 rings (SSSR count). The molecule has 126 valence electrons. The number of carbonyl (C=O) groups is 2. The molecule has 0 unspecified atom stereocenters. The molecule has 2 aromatic rings. The molecule has 0 fully saturated rings. The van der Waals surface area contributed by atoms with Gasteiger partial charge in [-0.3, -0.25) is 4.68 Å². The molecule has 0 aliphatic heterocycles. The minimum atomic E-state index is -1.26. The second kappa shape index (κ2) is 9.60. The topological polar surface area (TPSA) is 127 Å². The van der Waals surface area contributed by atoms with Gasteiger partial charge in [-0.25, -0.2) is 9.59 Å². The van der Waals surface area contributed by atoms with Gasteiger partial charge in [0, 0.05) is 29.6 Å². The van der Waals surface area contributed by atoms with E-state index in [0.29, 0.717) is 12.2 Å². The molecular weight excluding hydrogens is 322 g/mol. The lowest BCUT2D eigenvalue weighted by Crippen LogP contribution is -1.91. The smallest absolute Gasteiger partial charge is 0.328 e. The summed E-state index contributed by atoms with van der Waals surface area (Å²) in [5.74, 6) is -2.51. The molecule has 1 heterocycles. The molecule has 0 radical (unpaired) electrons. The monoisotopic (exact) mass is 341 g/mol. The van der Waals surface area contributed by atoms with E-state index in [1.165, 1.54) is 5.39 Å². The van der Waals surface area contributed by atoms with Gasteiger partial charge in [-0.05, 0) is 24.6 Å². The lowest BCUT2D eigenvalue weighted by atomic mass is 10.1. The molecule has 23 heavy (non-hydrogen) atoms. The zero-order chi connectivity index (χ0) is 16.7. The number of rotatable bonds is 4. The Balaban J connectivity index is 0.000000469. The van der Waals surface area contributed by atoms with Crippen molar-refractivity contribution in [2.24, 2.45) is 7.05 Å². The van der Waals surface area contributed by atoms with Crippen LogP contribution in [-0.2, 0) is 23.1 Å². The predicted molar refractivity (Wildman–Crippen MR) is 89.2 cm³/mol. The van der Waals surface area contributed by atoms with Gasteiger partial charge in [0.25, 0.3) is 0 Å². The number of carboxylic acid groups (broad SMARTS) is 2. The van der Waals surface area contributed by atoms with Gasteiger partial charge >= 0.3 is 11.9 Å². The summed E-state index contributed by atoms with van der Waals surface area (Å²) in [4.78, 5) is 19.1. The highest BCUT2D eigenvalue weighted by molar-refractivity contribution is 6.31. The molecule has 5 N–H and O–H groups in total. The fourth-order valence-corrected chi connectivity index (χ4v) is 2.05. The fourth-order valence-electron chi connectivity index (χ4n) is 1.87. The van der Waals surface area contributed by atoms with Crippen LogP contribution in [0.4, 0.5) is 0 Å². The number of benzene rings is 1. The highest BCUT2D eigenvalue weighted by Crippen LogP contribution is 2.22. The zero-order valence-electron chi connectivity index (χ0n) is 13.0.